The van der Waals surface area contributed by atoms with Crippen molar-refractivity contribution in [3.8, 4) is 0 Å². The molecule has 1 heterocycles. The van der Waals surface area contributed by atoms with Crippen LogP contribution in [0.4, 0.5) is 5.69 Å². The van der Waals surface area contributed by atoms with Crippen LogP contribution in [-0.4, -0.2) is 14.0 Å². The van der Waals surface area contributed by atoms with E-state index >= 15 is 0 Å². The third-order valence-electron chi connectivity index (χ3n) is 3.18. The molecular formula is C14H17BrClN3OS. The minimum atomic E-state index is -1.26. The van der Waals surface area contributed by atoms with Gasteiger partial charge in [-0.05, 0) is 31.5 Å². The van der Waals surface area contributed by atoms with Gasteiger partial charge in [0.1, 0.15) is 0 Å². The monoisotopic (exact) mass is 389 g/mol. The van der Waals surface area contributed by atoms with Gasteiger partial charge in [-0.1, -0.05) is 34.5 Å². The van der Waals surface area contributed by atoms with Crippen LogP contribution in [0.2, 0.25) is 5.02 Å². The lowest BCUT2D eigenvalue weighted by molar-refractivity contribution is 0.623. The van der Waals surface area contributed by atoms with Gasteiger partial charge in [0.15, 0.2) is 0 Å². The number of anilines is 1. The molecule has 4 nitrogen and oxygen atoms in total. The molecular weight excluding hydrogens is 374 g/mol. The Labute approximate surface area is 140 Å². The van der Waals surface area contributed by atoms with E-state index in [0.29, 0.717) is 27.9 Å². The van der Waals surface area contributed by atoms with E-state index in [0.717, 1.165) is 22.3 Å². The molecule has 1 aromatic heterocycles. The number of nitrogens with two attached hydrogens (primary N) is 1. The summed E-state index contributed by atoms with van der Waals surface area (Å²) in [5.41, 5.74) is 8.09. The van der Waals surface area contributed by atoms with Crippen LogP contribution in [-0.2, 0) is 29.5 Å². The highest BCUT2D eigenvalue weighted by atomic mass is 79.9. The molecule has 0 spiro atoms. The second kappa shape index (κ2) is 6.94. The summed E-state index contributed by atoms with van der Waals surface area (Å²) < 4.78 is 15.3. The van der Waals surface area contributed by atoms with E-state index < -0.39 is 10.8 Å². The molecule has 1 aromatic carbocycles. The molecule has 114 valence electrons. The molecule has 1 unspecified atom stereocenters. The second-order valence-corrected chi connectivity index (χ2v) is 7.26. The van der Waals surface area contributed by atoms with Crippen LogP contribution >= 0.6 is 27.5 Å². The zero-order chi connectivity index (χ0) is 15.6. The number of halogens is 2. The van der Waals surface area contributed by atoms with Crippen LogP contribution in [0, 0.1) is 0 Å². The summed E-state index contributed by atoms with van der Waals surface area (Å²) in [5.74, 6) is 0.311. The SMILES string of the molecule is CCc1nn(CC)c(CS(=O)c2ccc(Br)cc2N)c1Cl. The Hall–Kier alpha value is -0.850. The van der Waals surface area contributed by atoms with Gasteiger partial charge in [0, 0.05) is 16.7 Å². The smallest absolute Gasteiger partial charge is 0.0859 e. The van der Waals surface area contributed by atoms with Crippen molar-refractivity contribution in [2.75, 3.05) is 5.73 Å². The highest BCUT2D eigenvalue weighted by Crippen LogP contribution is 2.27. The van der Waals surface area contributed by atoms with Gasteiger partial charge < -0.3 is 5.73 Å². The summed E-state index contributed by atoms with van der Waals surface area (Å²) >= 11 is 9.69. The molecule has 2 rings (SSSR count). The average Bonchev–Trinajstić information content (AvgIpc) is 2.75. The van der Waals surface area contributed by atoms with Crippen LogP contribution in [0.3, 0.4) is 0 Å². The van der Waals surface area contributed by atoms with E-state index in [9.17, 15) is 4.21 Å². The van der Waals surface area contributed by atoms with E-state index in [-0.39, 0.29) is 0 Å². The average molecular weight is 391 g/mol. The summed E-state index contributed by atoms with van der Waals surface area (Å²) in [4.78, 5) is 0.621. The Bertz CT molecular complexity index is 687. The fraction of sp³-hybridized carbons (Fsp3) is 0.357. The maximum absolute atomic E-state index is 12.6. The highest BCUT2D eigenvalue weighted by molar-refractivity contribution is 9.10. The first kappa shape index (κ1) is 16.5. The van der Waals surface area contributed by atoms with E-state index in [1.54, 1.807) is 12.1 Å². The van der Waals surface area contributed by atoms with Crippen LogP contribution in [0.25, 0.3) is 0 Å². The molecule has 0 aliphatic carbocycles. The molecule has 0 saturated carbocycles. The molecule has 0 radical (unpaired) electrons. The number of nitrogen functional groups attached to an aromatic ring is 1. The maximum Gasteiger partial charge on any atom is 0.0859 e. The Morgan fingerprint density at radius 2 is 2.14 bits per heavy atom. The quantitative estimate of drug-likeness (QED) is 0.790. The molecule has 0 bridgehead atoms. The number of hydrogen-bond donors (Lipinski definition) is 1. The van der Waals surface area contributed by atoms with Crippen LogP contribution in [0.5, 0.6) is 0 Å². The van der Waals surface area contributed by atoms with Gasteiger partial charge in [-0.15, -0.1) is 0 Å². The molecule has 0 amide bonds. The van der Waals surface area contributed by atoms with Crippen molar-refractivity contribution in [3.05, 3.63) is 39.1 Å². The van der Waals surface area contributed by atoms with Crippen molar-refractivity contribution < 1.29 is 4.21 Å². The molecule has 2 aromatic rings. The summed E-state index contributed by atoms with van der Waals surface area (Å²) in [6.45, 7) is 4.69. The zero-order valence-corrected chi connectivity index (χ0v) is 15.1. The second-order valence-electron chi connectivity index (χ2n) is 4.55. The first-order chi connectivity index (χ1) is 9.97. The Morgan fingerprint density at radius 3 is 2.71 bits per heavy atom. The lowest BCUT2D eigenvalue weighted by atomic mass is 10.3. The Morgan fingerprint density at radius 1 is 1.43 bits per heavy atom. The van der Waals surface area contributed by atoms with Crippen LogP contribution < -0.4 is 5.73 Å². The largest absolute Gasteiger partial charge is 0.398 e. The number of aromatic nitrogens is 2. The number of benzene rings is 1. The lowest BCUT2D eigenvalue weighted by Gasteiger charge is -2.08. The third-order valence-corrected chi connectivity index (χ3v) is 5.51. The van der Waals surface area contributed by atoms with Crippen molar-refractivity contribution in [3.63, 3.8) is 0 Å². The van der Waals surface area contributed by atoms with Crippen molar-refractivity contribution in [2.45, 2.75) is 37.5 Å². The number of hydrogen-bond acceptors (Lipinski definition) is 3. The fourth-order valence-electron chi connectivity index (χ4n) is 2.08. The molecule has 0 aliphatic heterocycles. The van der Waals surface area contributed by atoms with E-state index in [4.69, 9.17) is 17.3 Å². The number of nitrogens with zero attached hydrogens (tertiary/aromatic N) is 2. The molecule has 2 N–H and O–H groups in total. The normalized spacial score (nSPS) is 12.6. The first-order valence-corrected chi connectivity index (χ1v) is 9.14. The van der Waals surface area contributed by atoms with Crippen LogP contribution in [0.1, 0.15) is 25.2 Å². The first-order valence-electron chi connectivity index (χ1n) is 6.65. The molecule has 1 atom stereocenters. The van der Waals surface area contributed by atoms with Crippen LogP contribution in [0.15, 0.2) is 27.6 Å². The zero-order valence-electron chi connectivity index (χ0n) is 11.9. The van der Waals surface area contributed by atoms with E-state index in [2.05, 4.69) is 21.0 Å². The molecule has 21 heavy (non-hydrogen) atoms. The maximum atomic E-state index is 12.6. The fourth-order valence-corrected chi connectivity index (χ4v) is 4.12. The molecule has 0 saturated heterocycles. The molecule has 7 heteroatoms. The van der Waals surface area contributed by atoms with Gasteiger partial charge in [0.2, 0.25) is 0 Å². The third kappa shape index (κ3) is 3.49. The van der Waals surface area contributed by atoms with Gasteiger partial charge >= 0.3 is 0 Å². The van der Waals surface area contributed by atoms with Crippen molar-refractivity contribution in [2.24, 2.45) is 0 Å². The minimum Gasteiger partial charge on any atom is -0.398 e. The van der Waals surface area contributed by atoms with Crippen molar-refractivity contribution in [1.29, 1.82) is 0 Å². The topological polar surface area (TPSA) is 60.9 Å². The Balaban J connectivity index is 2.33. The number of rotatable bonds is 5. The van der Waals surface area contributed by atoms with Gasteiger partial charge in [0.25, 0.3) is 0 Å². The van der Waals surface area contributed by atoms with E-state index in [1.807, 2.05) is 24.6 Å². The van der Waals surface area contributed by atoms with Gasteiger partial charge in [-0.25, -0.2) is 0 Å². The van der Waals surface area contributed by atoms with Gasteiger partial charge in [-0.3, -0.25) is 8.89 Å². The highest BCUT2D eigenvalue weighted by Gasteiger charge is 2.18. The predicted molar refractivity (Wildman–Crippen MR) is 91.0 cm³/mol. The standard InChI is InChI=1S/C14H17BrClN3OS/c1-3-11-14(16)12(19(4-2)18-11)8-21(20)13-6-5-9(15)7-10(13)17/h5-7H,3-4,8,17H2,1-2H3. The van der Waals surface area contributed by atoms with Crippen molar-refractivity contribution >= 4 is 44.0 Å². The van der Waals surface area contributed by atoms with Gasteiger partial charge in [-0.2, -0.15) is 5.10 Å². The van der Waals surface area contributed by atoms with E-state index in [1.165, 1.54) is 0 Å². The summed E-state index contributed by atoms with van der Waals surface area (Å²) in [7, 11) is -1.26. The van der Waals surface area contributed by atoms with Gasteiger partial charge in [0.05, 0.1) is 37.9 Å². The minimum absolute atomic E-state index is 0.311. The Kier molecular flexibility index (Phi) is 5.46. The summed E-state index contributed by atoms with van der Waals surface area (Å²) in [6.07, 6.45) is 0.756. The van der Waals surface area contributed by atoms with Crippen molar-refractivity contribution in [1.82, 2.24) is 9.78 Å². The molecule has 0 aliphatic rings. The summed E-state index contributed by atoms with van der Waals surface area (Å²) in [6, 6.07) is 5.36. The predicted octanol–water partition coefficient (Wildman–Crippen LogP) is 3.77. The number of aryl methyl sites for hydroxylation is 2. The molecule has 0 fully saturated rings. The summed E-state index contributed by atoms with van der Waals surface area (Å²) in [5, 5.41) is 5.06. The lowest BCUT2D eigenvalue weighted by Crippen LogP contribution is -2.07.